The molecule has 2 aromatic carbocycles. The van der Waals surface area contributed by atoms with E-state index in [2.05, 4.69) is 35.2 Å². The molecule has 2 heterocycles. The first-order chi connectivity index (χ1) is 15.5. The van der Waals surface area contributed by atoms with Crippen LogP contribution >= 0.6 is 11.8 Å². The molecule has 7 heteroatoms. The van der Waals surface area contributed by atoms with Crippen LogP contribution in [0.1, 0.15) is 37.2 Å². The number of likely N-dealkylation sites (tertiary alicyclic amines) is 1. The molecule has 0 aromatic heterocycles. The lowest BCUT2D eigenvalue weighted by Gasteiger charge is -2.34. The minimum atomic E-state index is -1.35. The number of aliphatic hydroxyl groups excluding tert-OH is 1. The first-order valence-corrected chi connectivity index (χ1v) is 12.0. The largest absolute Gasteiger partial charge is 0.497 e. The van der Waals surface area contributed by atoms with Crippen LogP contribution in [0.3, 0.4) is 0 Å². The van der Waals surface area contributed by atoms with Gasteiger partial charge in [0.1, 0.15) is 29.0 Å². The normalized spacial score (nSPS) is 24.2. The molecule has 172 valence electrons. The Morgan fingerprint density at radius 1 is 1.22 bits per heavy atom. The van der Waals surface area contributed by atoms with E-state index in [1.54, 1.807) is 25.3 Å². The van der Waals surface area contributed by atoms with E-state index < -0.39 is 16.8 Å². The molecule has 0 amide bonds. The van der Waals surface area contributed by atoms with Crippen molar-refractivity contribution in [1.29, 1.82) is 0 Å². The second-order valence-electron chi connectivity index (χ2n) is 8.57. The Morgan fingerprint density at radius 2 is 1.97 bits per heavy atom. The van der Waals surface area contributed by atoms with Gasteiger partial charge in [-0.2, -0.15) is 0 Å². The van der Waals surface area contributed by atoms with Crippen LogP contribution in [0.25, 0.3) is 0 Å². The van der Waals surface area contributed by atoms with Crippen molar-refractivity contribution in [3.05, 3.63) is 54.1 Å². The predicted molar refractivity (Wildman–Crippen MR) is 125 cm³/mol. The molecule has 2 atom stereocenters. The van der Waals surface area contributed by atoms with Gasteiger partial charge in [-0.15, -0.1) is 11.8 Å². The monoisotopic (exact) mass is 457 g/mol. The van der Waals surface area contributed by atoms with E-state index in [0.29, 0.717) is 35.2 Å². The molecule has 2 aliphatic heterocycles. The third-order valence-corrected chi connectivity index (χ3v) is 8.18. The van der Waals surface area contributed by atoms with Gasteiger partial charge in [0.2, 0.25) is 0 Å². The van der Waals surface area contributed by atoms with E-state index in [1.807, 2.05) is 0 Å². The second kappa shape index (κ2) is 10.1. The lowest BCUT2D eigenvalue weighted by atomic mass is 9.89. The summed E-state index contributed by atoms with van der Waals surface area (Å²) in [6.45, 7) is 2.81. The van der Waals surface area contributed by atoms with Crippen LogP contribution in [0.2, 0.25) is 0 Å². The molecule has 0 aliphatic carbocycles. The van der Waals surface area contributed by atoms with Crippen LogP contribution < -0.4 is 9.47 Å². The summed E-state index contributed by atoms with van der Waals surface area (Å²) in [6, 6.07) is 16.0. The first kappa shape index (κ1) is 23.0. The molecule has 0 bridgehead atoms. The highest BCUT2D eigenvalue weighted by Crippen LogP contribution is 2.47. The summed E-state index contributed by atoms with van der Waals surface area (Å²) in [4.78, 5) is 15.5. The molecule has 2 aromatic rings. The van der Waals surface area contributed by atoms with Crippen LogP contribution in [0.4, 0.5) is 0 Å². The summed E-state index contributed by atoms with van der Waals surface area (Å²) in [7, 11) is 1.57. The van der Waals surface area contributed by atoms with E-state index in [0.717, 1.165) is 32.5 Å². The van der Waals surface area contributed by atoms with Gasteiger partial charge in [0.15, 0.2) is 0 Å². The molecule has 32 heavy (non-hydrogen) atoms. The van der Waals surface area contributed by atoms with E-state index in [4.69, 9.17) is 9.47 Å². The number of nitrogens with zero attached hydrogens (tertiary/aromatic N) is 1. The number of piperidine rings is 1. The molecule has 0 spiro atoms. The highest BCUT2D eigenvalue weighted by molar-refractivity contribution is 8.01. The minimum Gasteiger partial charge on any atom is -0.497 e. The van der Waals surface area contributed by atoms with E-state index in [9.17, 15) is 15.0 Å². The minimum absolute atomic E-state index is 0.0406. The van der Waals surface area contributed by atoms with Gasteiger partial charge in [-0.3, -0.25) is 4.79 Å². The topological polar surface area (TPSA) is 79.2 Å². The molecule has 1 fully saturated rings. The number of rotatable bonds is 7. The average molecular weight is 458 g/mol. The summed E-state index contributed by atoms with van der Waals surface area (Å²) in [5.41, 5.74) is 1.41. The fourth-order valence-corrected chi connectivity index (χ4v) is 6.01. The van der Waals surface area contributed by atoms with E-state index in [1.165, 1.54) is 17.3 Å². The molecule has 0 unspecified atom stereocenters. The molecular formula is C25H31NO5S. The Hall–Kier alpha value is -2.22. The Morgan fingerprint density at radius 3 is 2.66 bits per heavy atom. The quantitative estimate of drug-likeness (QED) is 0.650. The molecular weight excluding hydrogens is 426 g/mol. The Balaban J connectivity index is 1.38. The highest BCUT2D eigenvalue weighted by atomic mass is 32.2. The van der Waals surface area contributed by atoms with Crippen molar-refractivity contribution < 1.29 is 24.5 Å². The predicted octanol–water partition coefficient (Wildman–Crippen LogP) is 4.02. The van der Waals surface area contributed by atoms with Crippen molar-refractivity contribution in [1.82, 2.24) is 4.90 Å². The number of carboxylic acids is 1. The second-order valence-corrected chi connectivity index (χ2v) is 9.94. The summed E-state index contributed by atoms with van der Waals surface area (Å²) >= 11 is 1.18. The summed E-state index contributed by atoms with van der Waals surface area (Å²) in [5, 5.41) is 20.9. The number of benzene rings is 2. The molecule has 0 radical (unpaired) electrons. The fraction of sp³-hybridized carbons (Fsp3) is 0.480. The van der Waals surface area contributed by atoms with Gasteiger partial charge in [-0.1, -0.05) is 30.3 Å². The smallest absolute Gasteiger partial charge is 0.322 e. The Labute approximate surface area is 193 Å². The van der Waals surface area contributed by atoms with Gasteiger partial charge in [0.25, 0.3) is 0 Å². The zero-order valence-corrected chi connectivity index (χ0v) is 19.2. The number of hydrogen-bond acceptors (Lipinski definition) is 6. The maximum atomic E-state index is 12.4. The van der Waals surface area contributed by atoms with Crippen LogP contribution in [0.5, 0.6) is 11.5 Å². The Kier molecular flexibility index (Phi) is 7.28. The standard InChI is InChI=1S/C25H31NO5S/c1-30-20-8-9-21-22(16-20)32-25(24(28)29,23(27)17-31-21)12-5-13-26-14-10-19(11-15-26)18-6-3-2-4-7-18/h2-4,6-9,16,19,23,27H,5,10-15,17H2,1H3,(H,28,29)/t23-,25+/m0/s1. The molecule has 6 nitrogen and oxygen atoms in total. The van der Waals surface area contributed by atoms with Crippen LogP contribution in [-0.2, 0) is 4.79 Å². The maximum absolute atomic E-state index is 12.4. The maximum Gasteiger partial charge on any atom is 0.322 e. The van der Waals surface area contributed by atoms with Crippen molar-refractivity contribution >= 4 is 17.7 Å². The number of carbonyl (C=O) groups is 1. The van der Waals surface area contributed by atoms with Gasteiger partial charge < -0.3 is 24.6 Å². The number of carboxylic acid groups (broad SMARTS) is 1. The Bertz CT molecular complexity index is 916. The van der Waals surface area contributed by atoms with Crippen molar-refractivity contribution in [3.8, 4) is 11.5 Å². The number of fused-ring (bicyclic) bond motifs is 1. The fourth-order valence-electron chi connectivity index (χ4n) is 4.67. The molecule has 1 saturated heterocycles. The summed E-state index contributed by atoms with van der Waals surface area (Å²) < 4.78 is 9.66. The van der Waals surface area contributed by atoms with Crippen LogP contribution in [0.15, 0.2) is 53.4 Å². The SMILES string of the molecule is COc1ccc2c(c1)S[C@@](CCCN1CCC(c3ccccc3)CC1)(C(=O)O)[C@@H](O)CO2. The zero-order valence-electron chi connectivity index (χ0n) is 18.4. The lowest BCUT2D eigenvalue weighted by Crippen LogP contribution is -2.49. The first-order valence-electron chi connectivity index (χ1n) is 11.2. The van der Waals surface area contributed by atoms with E-state index >= 15 is 0 Å². The van der Waals surface area contributed by atoms with Gasteiger partial charge in [0, 0.05) is 0 Å². The van der Waals surface area contributed by atoms with Crippen molar-refractivity contribution in [3.63, 3.8) is 0 Å². The van der Waals surface area contributed by atoms with Gasteiger partial charge in [0.05, 0.1) is 12.0 Å². The number of hydrogen-bond donors (Lipinski definition) is 2. The summed E-state index contributed by atoms with van der Waals surface area (Å²) in [5.74, 6) is 0.815. The highest BCUT2D eigenvalue weighted by Gasteiger charge is 2.48. The average Bonchev–Trinajstić information content (AvgIpc) is 2.96. The van der Waals surface area contributed by atoms with Crippen LogP contribution in [0, 0.1) is 0 Å². The zero-order chi connectivity index (χ0) is 22.6. The lowest BCUT2D eigenvalue weighted by molar-refractivity contribution is -0.144. The molecule has 2 aliphatic rings. The van der Waals surface area contributed by atoms with Crippen molar-refractivity contribution in [2.75, 3.05) is 33.4 Å². The summed E-state index contributed by atoms with van der Waals surface area (Å²) in [6.07, 6.45) is 2.20. The van der Waals surface area contributed by atoms with Gasteiger partial charge >= 0.3 is 5.97 Å². The van der Waals surface area contributed by atoms with Gasteiger partial charge in [-0.25, -0.2) is 0 Å². The van der Waals surface area contributed by atoms with E-state index in [-0.39, 0.29) is 6.61 Å². The number of aliphatic hydroxyl groups is 1. The van der Waals surface area contributed by atoms with Crippen LogP contribution in [-0.4, -0.2) is 65.3 Å². The number of thioether (sulfide) groups is 1. The third kappa shape index (κ3) is 4.90. The number of aliphatic carboxylic acids is 1. The number of ether oxygens (including phenoxy) is 2. The molecule has 2 N–H and O–H groups in total. The van der Waals surface area contributed by atoms with Crippen molar-refractivity contribution in [2.24, 2.45) is 0 Å². The number of methoxy groups -OCH3 is 1. The molecule has 4 rings (SSSR count). The molecule has 0 saturated carbocycles. The van der Waals surface area contributed by atoms with Gasteiger partial charge in [-0.05, 0) is 75.0 Å². The third-order valence-electron chi connectivity index (χ3n) is 6.62. The van der Waals surface area contributed by atoms with Crippen molar-refractivity contribution in [2.45, 2.75) is 47.3 Å².